The van der Waals surface area contributed by atoms with Gasteiger partial charge in [0.25, 0.3) is 0 Å². The summed E-state index contributed by atoms with van der Waals surface area (Å²) in [6.07, 6.45) is 3.60. The first-order chi connectivity index (χ1) is 10.1. The predicted octanol–water partition coefficient (Wildman–Crippen LogP) is 3.30. The largest absolute Gasteiger partial charge is 0.326 e. The number of carbonyl (C=O) groups excluding carboxylic acids is 2. The number of nitrogens with zero attached hydrogens (tertiary/aromatic N) is 1. The fraction of sp³-hybridized carbons (Fsp3) is 0.235. The van der Waals surface area contributed by atoms with Crippen LogP contribution in [0.3, 0.4) is 0 Å². The van der Waals surface area contributed by atoms with E-state index in [9.17, 15) is 9.59 Å². The Kier molecular flexibility index (Phi) is 4.82. The van der Waals surface area contributed by atoms with Crippen molar-refractivity contribution in [2.75, 3.05) is 5.32 Å². The van der Waals surface area contributed by atoms with Gasteiger partial charge in [0, 0.05) is 36.5 Å². The highest BCUT2D eigenvalue weighted by Crippen LogP contribution is 2.13. The van der Waals surface area contributed by atoms with Crippen LogP contribution in [0.15, 0.2) is 42.7 Å². The van der Waals surface area contributed by atoms with Crippen molar-refractivity contribution < 1.29 is 9.59 Å². The van der Waals surface area contributed by atoms with Crippen LogP contribution in [0.2, 0.25) is 0 Å². The molecule has 4 heteroatoms. The summed E-state index contributed by atoms with van der Waals surface area (Å²) < 4.78 is 0. The zero-order valence-electron chi connectivity index (χ0n) is 12.2. The SMILES string of the molecule is Cc1ccc(C(=O)CCC(=O)Nc2ccncc2)cc1C. The van der Waals surface area contributed by atoms with Gasteiger partial charge in [0.2, 0.25) is 5.91 Å². The normalized spacial score (nSPS) is 10.2. The van der Waals surface area contributed by atoms with Crippen LogP contribution >= 0.6 is 0 Å². The molecule has 0 unspecified atom stereocenters. The minimum Gasteiger partial charge on any atom is -0.326 e. The summed E-state index contributed by atoms with van der Waals surface area (Å²) in [7, 11) is 0. The Balaban J connectivity index is 1.89. The second-order valence-electron chi connectivity index (χ2n) is 5.01. The molecule has 1 aromatic carbocycles. The molecule has 1 N–H and O–H groups in total. The van der Waals surface area contributed by atoms with Gasteiger partial charge in [-0.1, -0.05) is 12.1 Å². The van der Waals surface area contributed by atoms with Crippen molar-refractivity contribution in [2.24, 2.45) is 0 Å². The number of ketones is 1. The van der Waals surface area contributed by atoms with Crippen molar-refractivity contribution in [1.29, 1.82) is 0 Å². The number of anilines is 1. The minimum atomic E-state index is -0.168. The molecule has 0 bridgehead atoms. The van der Waals surface area contributed by atoms with Crippen molar-refractivity contribution in [3.8, 4) is 0 Å². The molecule has 1 heterocycles. The Morgan fingerprint density at radius 2 is 1.71 bits per heavy atom. The Hall–Kier alpha value is -2.49. The number of hydrogen-bond acceptors (Lipinski definition) is 3. The molecular formula is C17H18N2O2. The molecule has 108 valence electrons. The molecule has 2 rings (SSSR count). The van der Waals surface area contributed by atoms with Crippen LogP contribution in [0.4, 0.5) is 5.69 Å². The summed E-state index contributed by atoms with van der Waals surface area (Å²) >= 11 is 0. The van der Waals surface area contributed by atoms with Crippen molar-refractivity contribution >= 4 is 17.4 Å². The second kappa shape index (κ2) is 6.79. The first-order valence-corrected chi connectivity index (χ1v) is 6.86. The van der Waals surface area contributed by atoms with Gasteiger partial charge in [-0.15, -0.1) is 0 Å². The van der Waals surface area contributed by atoms with E-state index < -0.39 is 0 Å². The Morgan fingerprint density at radius 3 is 2.38 bits per heavy atom. The maximum absolute atomic E-state index is 12.1. The van der Waals surface area contributed by atoms with Crippen molar-refractivity contribution in [3.63, 3.8) is 0 Å². The zero-order valence-corrected chi connectivity index (χ0v) is 12.2. The lowest BCUT2D eigenvalue weighted by atomic mass is 10.0. The van der Waals surface area contributed by atoms with Crippen LogP contribution in [0.1, 0.15) is 34.3 Å². The molecule has 2 aromatic rings. The quantitative estimate of drug-likeness (QED) is 0.856. The minimum absolute atomic E-state index is 0.0111. The van der Waals surface area contributed by atoms with Gasteiger partial charge in [0.1, 0.15) is 0 Å². The number of benzene rings is 1. The van der Waals surface area contributed by atoms with Crippen LogP contribution in [0, 0.1) is 13.8 Å². The highest BCUT2D eigenvalue weighted by Gasteiger charge is 2.10. The standard InChI is InChI=1S/C17H18N2O2/c1-12-3-4-14(11-13(12)2)16(20)5-6-17(21)19-15-7-9-18-10-8-15/h3-4,7-11H,5-6H2,1-2H3,(H,18,19,21). The molecule has 1 aromatic heterocycles. The van der Waals surface area contributed by atoms with E-state index in [1.807, 2.05) is 32.0 Å². The Morgan fingerprint density at radius 1 is 1.00 bits per heavy atom. The molecule has 21 heavy (non-hydrogen) atoms. The van der Waals surface area contributed by atoms with E-state index in [0.717, 1.165) is 11.1 Å². The maximum Gasteiger partial charge on any atom is 0.224 e. The fourth-order valence-corrected chi connectivity index (χ4v) is 1.95. The molecule has 0 atom stereocenters. The van der Waals surface area contributed by atoms with Crippen molar-refractivity contribution in [2.45, 2.75) is 26.7 Å². The number of pyridine rings is 1. The van der Waals surface area contributed by atoms with E-state index in [2.05, 4.69) is 10.3 Å². The number of Topliss-reactive ketones (excluding diaryl/α,β-unsaturated/α-hetero) is 1. The van der Waals surface area contributed by atoms with E-state index in [1.54, 1.807) is 24.5 Å². The molecule has 0 spiro atoms. The molecule has 4 nitrogen and oxygen atoms in total. The highest BCUT2D eigenvalue weighted by molar-refractivity contribution is 6.00. The van der Waals surface area contributed by atoms with Crippen LogP contribution in [0.5, 0.6) is 0 Å². The first-order valence-electron chi connectivity index (χ1n) is 6.86. The number of aromatic nitrogens is 1. The maximum atomic E-state index is 12.1. The summed E-state index contributed by atoms with van der Waals surface area (Å²) in [5.74, 6) is -0.179. The molecule has 0 saturated heterocycles. The van der Waals surface area contributed by atoms with E-state index in [-0.39, 0.29) is 24.5 Å². The van der Waals surface area contributed by atoms with Gasteiger partial charge < -0.3 is 5.32 Å². The summed E-state index contributed by atoms with van der Waals surface area (Å²) in [4.78, 5) is 27.7. The van der Waals surface area contributed by atoms with Gasteiger partial charge in [-0.25, -0.2) is 0 Å². The molecule has 1 amide bonds. The monoisotopic (exact) mass is 282 g/mol. The average Bonchev–Trinajstić information content (AvgIpc) is 2.48. The number of hydrogen-bond donors (Lipinski definition) is 1. The van der Waals surface area contributed by atoms with E-state index in [1.165, 1.54) is 0 Å². The first kappa shape index (κ1) is 14.9. The Bertz CT molecular complexity index is 651. The van der Waals surface area contributed by atoms with E-state index >= 15 is 0 Å². The van der Waals surface area contributed by atoms with Crippen molar-refractivity contribution in [1.82, 2.24) is 4.98 Å². The Labute approximate surface area is 124 Å². The van der Waals surface area contributed by atoms with Gasteiger partial charge in [-0.2, -0.15) is 0 Å². The number of carbonyl (C=O) groups is 2. The summed E-state index contributed by atoms with van der Waals surface area (Å²) in [5, 5.41) is 2.74. The number of nitrogens with one attached hydrogen (secondary N) is 1. The number of amides is 1. The molecule has 0 fully saturated rings. The number of aryl methyl sites for hydroxylation is 2. The fourth-order valence-electron chi connectivity index (χ4n) is 1.95. The smallest absolute Gasteiger partial charge is 0.224 e. The van der Waals surface area contributed by atoms with Crippen LogP contribution in [-0.4, -0.2) is 16.7 Å². The molecule has 0 aliphatic carbocycles. The van der Waals surface area contributed by atoms with Gasteiger partial charge >= 0.3 is 0 Å². The molecule has 0 radical (unpaired) electrons. The highest BCUT2D eigenvalue weighted by atomic mass is 16.2. The summed E-state index contributed by atoms with van der Waals surface area (Å²) in [6.45, 7) is 3.98. The lowest BCUT2D eigenvalue weighted by Crippen LogP contribution is -2.13. The summed E-state index contributed by atoms with van der Waals surface area (Å²) in [5.41, 5.74) is 3.59. The van der Waals surface area contributed by atoms with E-state index in [4.69, 9.17) is 0 Å². The molecule has 0 saturated carbocycles. The average molecular weight is 282 g/mol. The molecule has 0 aliphatic rings. The lowest BCUT2D eigenvalue weighted by Gasteiger charge is -2.06. The van der Waals surface area contributed by atoms with Gasteiger partial charge in [-0.05, 0) is 43.2 Å². The second-order valence-corrected chi connectivity index (χ2v) is 5.01. The predicted molar refractivity (Wildman–Crippen MR) is 82.3 cm³/mol. The number of rotatable bonds is 5. The van der Waals surface area contributed by atoms with Gasteiger partial charge in [0.05, 0.1) is 0 Å². The van der Waals surface area contributed by atoms with E-state index in [0.29, 0.717) is 11.3 Å². The van der Waals surface area contributed by atoms with Gasteiger partial charge in [0.15, 0.2) is 5.78 Å². The van der Waals surface area contributed by atoms with Crippen LogP contribution < -0.4 is 5.32 Å². The van der Waals surface area contributed by atoms with Gasteiger partial charge in [-0.3, -0.25) is 14.6 Å². The molecule has 0 aliphatic heterocycles. The third kappa shape index (κ3) is 4.24. The zero-order chi connectivity index (χ0) is 15.2. The third-order valence-corrected chi connectivity index (χ3v) is 3.37. The van der Waals surface area contributed by atoms with Crippen LogP contribution in [0.25, 0.3) is 0 Å². The van der Waals surface area contributed by atoms with Crippen LogP contribution in [-0.2, 0) is 4.79 Å². The van der Waals surface area contributed by atoms with Crippen molar-refractivity contribution in [3.05, 3.63) is 59.4 Å². The molecular weight excluding hydrogens is 264 g/mol. The third-order valence-electron chi connectivity index (χ3n) is 3.37. The summed E-state index contributed by atoms with van der Waals surface area (Å²) in [6, 6.07) is 9.04. The lowest BCUT2D eigenvalue weighted by molar-refractivity contribution is -0.116. The topological polar surface area (TPSA) is 59.1 Å².